The van der Waals surface area contributed by atoms with Crippen LogP contribution < -0.4 is 4.72 Å². The number of aromatic nitrogens is 2. The summed E-state index contributed by atoms with van der Waals surface area (Å²) >= 11 is 6.94. The minimum atomic E-state index is -3.82. The van der Waals surface area contributed by atoms with Crippen LogP contribution in [-0.2, 0) is 10.0 Å². The van der Waals surface area contributed by atoms with Gasteiger partial charge in [0.2, 0.25) is 0 Å². The van der Waals surface area contributed by atoms with E-state index in [-0.39, 0.29) is 10.2 Å². The van der Waals surface area contributed by atoms with Crippen molar-refractivity contribution >= 4 is 50.1 Å². The van der Waals surface area contributed by atoms with Crippen molar-refractivity contribution in [1.29, 1.82) is 0 Å². The fourth-order valence-corrected chi connectivity index (χ4v) is 4.41. The van der Waals surface area contributed by atoms with E-state index in [0.29, 0.717) is 26.7 Å². The minimum Gasteiger partial charge on any atom is -0.423 e. The third-order valence-electron chi connectivity index (χ3n) is 3.11. The molecular weight excluding hydrogens is 374 g/mol. The molecule has 3 heterocycles. The Bertz CT molecular complexity index is 1120. The number of sulfonamides is 1. The Morgan fingerprint density at radius 3 is 2.83 bits per heavy atom. The number of hydrogen-bond donors (Lipinski definition) is 1. The molecule has 4 rings (SSSR count). The number of oxazole rings is 1. The van der Waals surface area contributed by atoms with Gasteiger partial charge < -0.3 is 8.94 Å². The zero-order valence-corrected chi connectivity index (χ0v) is 14.2. The lowest BCUT2D eigenvalue weighted by atomic mass is 10.3. The normalized spacial score (nSPS) is 11.9. The van der Waals surface area contributed by atoms with E-state index in [0.717, 1.165) is 11.3 Å². The number of halogens is 1. The molecule has 0 unspecified atom stereocenters. The Balaban J connectivity index is 1.64. The average Bonchev–Trinajstić information content (AvgIpc) is 3.26. The zero-order chi connectivity index (χ0) is 16.7. The number of nitrogens with one attached hydrogen (secondary N) is 1. The number of benzene rings is 1. The summed E-state index contributed by atoms with van der Waals surface area (Å²) in [5, 5.41) is 4.27. The molecule has 0 radical (unpaired) electrons. The van der Waals surface area contributed by atoms with Gasteiger partial charge in [-0.05, 0) is 30.3 Å². The van der Waals surface area contributed by atoms with Crippen LogP contribution in [-0.4, -0.2) is 18.6 Å². The first-order chi connectivity index (χ1) is 11.5. The van der Waals surface area contributed by atoms with Crippen molar-refractivity contribution in [2.75, 3.05) is 4.72 Å². The van der Waals surface area contributed by atoms with Crippen LogP contribution in [0.25, 0.3) is 21.7 Å². The molecule has 0 aliphatic rings. The second kappa shape index (κ2) is 5.62. The predicted octanol–water partition coefficient (Wildman–Crippen LogP) is 4.00. The molecule has 0 amide bonds. The van der Waals surface area contributed by atoms with Gasteiger partial charge >= 0.3 is 6.01 Å². The first-order valence-corrected chi connectivity index (χ1v) is 9.28. The van der Waals surface area contributed by atoms with Crippen LogP contribution in [0, 0.1) is 0 Å². The van der Waals surface area contributed by atoms with Gasteiger partial charge in [-0.15, -0.1) is 11.3 Å². The molecule has 0 spiro atoms. The fourth-order valence-electron chi connectivity index (χ4n) is 2.05. The molecule has 0 aliphatic carbocycles. The highest BCUT2D eigenvalue weighted by Gasteiger charge is 2.21. The summed E-state index contributed by atoms with van der Waals surface area (Å²) in [5.41, 5.74) is 1.47. The molecule has 0 bridgehead atoms. The fraction of sp³-hybridized carbons (Fsp3) is 0. The van der Waals surface area contributed by atoms with Gasteiger partial charge in [0, 0.05) is 11.1 Å². The van der Waals surface area contributed by atoms with Crippen molar-refractivity contribution in [2.45, 2.75) is 4.21 Å². The molecule has 4 aromatic rings. The van der Waals surface area contributed by atoms with Crippen molar-refractivity contribution in [2.24, 2.45) is 0 Å². The van der Waals surface area contributed by atoms with E-state index in [1.54, 1.807) is 30.3 Å². The Morgan fingerprint density at radius 1 is 1.17 bits per heavy atom. The monoisotopic (exact) mass is 381 g/mol. The molecule has 0 saturated heterocycles. The van der Waals surface area contributed by atoms with Crippen LogP contribution in [0.1, 0.15) is 0 Å². The van der Waals surface area contributed by atoms with Gasteiger partial charge in [0.1, 0.15) is 21.7 Å². The maximum absolute atomic E-state index is 12.5. The molecule has 0 fully saturated rings. The Labute approximate surface area is 144 Å². The quantitative estimate of drug-likeness (QED) is 0.573. The van der Waals surface area contributed by atoms with E-state index in [1.807, 2.05) is 0 Å². The average molecular weight is 382 g/mol. The minimum absolute atomic E-state index is 0.112. The first kappa shape index (κ1) is 15.2. The summed E-state index contributed by atoms with van der Waals surface area (Å²) in [6, 6.07) is 9.52. The van der Waals surface area contributed by atoms with Crippen molar-refractivity contribution in [1.82, 2.24) is 10.1 Å². The van der Waals surface area contributed by atoms with Crippen LogP contribution in [0.5, 0.6) is 0 Å². The highest BCUT2D eigenvalue weighted by atomic mass is 35.5. The smallest absolute Gasteiger partial charge is 0.309 e. The molecule has 0 saturated carbocycles. The molecule has 122 valence electrons. The summed E-state index contributed by atoms with van der Waals surface area (Å²) in [6.07, 6.45) is 1.42. The summed E-state index contributed by atoms with van der Waals surface area (Å²) < 4.78 is 37.5. The van der Waals surface area contributed by atoms with E-state index in [9.17, 15) is 8.42 Å². The SMILES string of the molecule is O=S(=O)(Nc1nc2cc(Cl)ccc2o1)c1ccc(-c2ccon2)s1. The standard InChI is InChI=1S/C14H8ClN3O4S2/c15-8-1-2-11-10(7-8)16-14(22-11)18-24(19,20)13-4-3-12(23-13)9-5-6-21-17-9/h1-7H,(H,16,18). The largest absolute Gasteiger partial charge is 0.423 e. The predicted molar refractivity (Wildman–Crippen MR) is 89.6 cm³/mol. The highest BCUT2D eigenvalue weighted by Crippen LogP contribution is 2.31. The Kier molecular flexibility index (Phi) is 3.56. The van der Waals surface area contributed by atoms with E-state index in [2.05, 4.69) is 14.9 Å². The van der Waals surface area contributed by atoms with Gasteiger partial charge in [-0.2, -0.15) is 4.98 Å². The zero-order valence-electron chi connectivity index (χ0n) is 11.8. The number of nitrogens with zero attached hydrogens (tertiary/aromatic N) is 2. The van der Waals surface area contributed by atoms with E-state index >= 15 is 0 Å². The lowest BCUT2D eigenvalue weighted by Crippen LogP contribution is -2.11. The summed E-state index contributed by atoms with van der Waals surface area (Å²) in [4.78, 5) is 4.75. The van der Waals surface area contributed by atoms with Gasteiger partial charge in [-0.1, -0.05) is 16.8 Å². The van der Waals surface area contributed by atoms with Crippen LogP contribution >= 0.6 is 22.9 Å². The second-order valence-electron chi connectivity index (χ2n) is 4.74. The molecule has 1 N–H and O–H groups in total. The molecule has 3 aromatic heterocycles. The number of fused-ring (bicyclic) bond motifs is 1. The Morgan fingerprint density at radius 2 is 2.04 bits per heavy atom. The number of hydrogen-bond acceptors (Lipinski definition) is 7. The molecule has 1 aromatic carbocycles. The van der Waals surface area contributed by atoms with Crippen LogP contribution in [0.4, 0.5) is 6.01 Å². The van der Waals surface area contributed by atoms with Gasteiger partial charge in [-0.3, -0.25) is 0 Å². The number of rotatable bonds is 4. The summed E-state index contributed by atoms with van der Waals surface area (Å²) in [7, 11) is -3.82. The lowest BCUT2D eigenvalue weighted by molar-refractivity contribution is 0.422. The third-order valence-corrected chi connectivity index (χ3v) is 6.26. The number of thiophene rings is 1. The summed E-state index contributed by atoms with van der Waals surface area (Å²) in [5.74, 6) is 0. The van der Waals surface area contributed by atoms with Gasteiger partial charge in [0.15, 0.2) is 5.58 Å². The van der Waals surface area contributed by atoms with Crippen molar-refractivity contribution < 1.29 is 17.4 Å². The molecule has 24 heavy (non-hydrogen) atoms. The Hall–Kier alpha value is -2.36. The van der Waals surface area contributed by atoms with Crippen LogP contribution in [0.3, 0.4) is 0 Å². The maximum Gasteiger partial charge on any atom is 0.309 e. The third kappa shape index (κ3) is 2.77. The maximum atomic E-state index is 12.5. The second-order valence-corrected chi connectivity index (χ2v) is 8.17. The lowest BCUT2D eigenvalue weighted by Gasteiger charge is -2.00. The highest BCUT2D eigenvalue weighted by molar-refractivity contribution is 7.94. The van der Waals surface area contributed by atoms with E-state index in [1.165, 1.54) is 12.3 Å². The molecular formula is C14H8ClN3O4S2. The van der Waals surface area contributed by atoms with Gasteiger partial charge in [-0.25, -0.2) is 13.1 Å². The van der Waals surface area contributed by atoms with Crippen molar-refractivity contribution in [3.05, 3.63) is 47.7 Å². The van der Waals surface area contributed by atoms with E-state index < -0.39 is 10.0 Å². The van der Waals surface area contributed by atoms with Crippen LogP contribution in [0.15, 0.2) is 55.8 Å². The van der Waals surface area contributed by atoms with Crippen LogP contribution in [0.2, 0.25) is 5.02 Å². The van der Waals surface area contributed by atoms with Crippen molar-refractivity contribution in [3.8, 4) is 10.6 Å². The summed E-state index contributed by atoms with van der Waals surface area (Å²) in [6.45, 7) is 0. The molecule has 0 atom stereocenters. The number of anilines is 1. The molecule has 10 heteroatoms. The van der Waals surface area contributed by atoms with Gasteiger partial charge in [0.05, 0.1) is 4.88 Å². The van der Waals surface area contributed by atoms with Gasteiger partial charge in [0.25, 0.3) is 10.0 Å². The van der Waals surface area contributed by atoms with E-state index in [4.69, 9.17) is 20.5 Å². The van der Waals surface area contributed by atoms with Crippen molar-refractivity contribution in [3.63, 3.8) is 0 Å². The molecule has 7 nitrogen and oxygen atoms in total. The molecule has 0 aliphatic heterocycles. The topological polar surface area (TPSA) is 98.2 Å². The first-order valence-electron chi connectivity index (χ1n) is 6.61.